The van der Waals surface area contributed by atoms with Crippen molar-refractivity contribution in [3.8, 4) is 0 Å². The number of aliphatic imine (C=N–C) groups is 1. The number of urea groups is 1. The molecule has 0 aliphatic carbocycles. The van der Waals surface area contributed by atoms with E-state index >= 15 is 0 Å². The maximum Gasteiger partial charge on any atom is 0.319 e. The molecule has 1 heterocycles. The van der Waals surface area contributed by atoms with E-state index in [0.717, 1.165) is 40.6 Å². The van der Waals surface area contributed by atoms with Crippen molar-refractivity contribution in [2.45, 2.75) is 57.8 Å². The highest BCUT2D eigenvalue weighted by Gasteiger charge is 2.27. The highest BCUT2D eigenvalue weighted by molar-refractivity contribution is 6.00. The maximum atomic E-state index is 14.1. The fraction of sp³-hybridized carbons (Fsp3) is 0.268. The Hall–Kier alpha value is -6.21. The van der Waals surface area contributed by atoms with Gasteiger partial charge in [0.25, 0.3) is 0 Å². The third kappa shape index (κ3) is 11.7. The fourth-order valence-corrected chi connectivity index (χ4v) is 6.09. The van der Waals surface area contributed by atoms with Crippen molar-refractivity contribution in [3.63, 3.8) is 0 Å². The number of fused-ring (bicyclic) bond motifs is 1. The molecule has 0 radical (unpaired) electrons. The minimum atomic E-state index is -0.996. The molecule has 12 nitrogen and oxygen atoms in total. The number of hydrogen-bond donors (Lipinski definition) is 7. The van der Waals surface area contributed by atoms with Crippen LogP contribution in [0.2, 0.25) is 0 Å². The van der Waals surface area contributed by atoms with E-state index < -0.39 is 29.9 Å². The van der Waals surface area contributed by atoms with Gasteiger partial charge in [-0.2, -0.15) is 0 Å². The largest absolute Gasteiger partial charge is 0.370 e. The normalized spacial score (nSPS) is 12.0. The van der Waals surface area contributed by atoms with Gasteiger partial charge in [0, 0.05) is 54.5 Å². The molecule has 54 heavy (non-hydrogen) atoms. The Balaban J connectivity index is 1.37. The Bertz CT molecular complexity index is 2010. The Labute approximate surface area is 314 Å². The SMILES string of the molecule is CCCNCc1cn(Cc2ccc(F)cc2)c2ccc(NC(=O)[C@@H](Cc3ccccc3)NC(=O)[C@@H](CCCN=C(N)N)NC(=O)Nc3ccccc3)cc12. The number of aromatic nitrogens is 1. The lowest BCUT2D eigenvalue weighted by atomic mass is 10.0. The molecule has 13 heteroatoms. The molecule has 0 aliphatic rings. The molecule has 282 valence electrons. The van der Waals surface area contributed by atoms with Gasteiger partial charge in [-0.05, 0) is 85.0 Å². The summed E-state index contributed by atoms with van der Waals surface area (Å²) in [4.78, 5) is 44.9. The first-order valence-corrected chi connectivity index (χ1v) is 18.1. The molecule has 4 aromatic carbocycles. The number of nitrogens with two attached hydrogens (primary N) is 2. The molecule has 0 aliphatic heterocycles. The third-order valence-corrected chi connectivity index (χ3v) is 8.75. The number of halogens is 1. The highest BCUT2D eigenvalue weighted by Crippen LogP contribution is 2.27. The molecule has 9 N–H and O–H groups in total. The molecule has 2 atom stereocenters. The van der Waals surface area contributed by atoms with Crippen LogP contribution in [0.4, 0.5) is 20.6 Å². The minimum absolute atomic E-state index is 0.0719. The van der Waals surface area contributed by atoms with Gasteiger partial charge in [0.2, 0.25) is 11.8 Å². The van der Waals surface area contributed by atoms with Crippen LogP contribution < -0.4 is 38.1 Å². The Morgan fingerprint density at radius 2 is 1.52 bits per heavy atom. The predicted molar refractivity (Wildman–Crippen MR) is 212 cm³/mol. The summed E-state index contributed by atoms with van der Waals surface area (Å²) in [6.45, 7) is 4.38. The van der Waals surface area contributed by atoms with Crippen LogP contribution in [-0.2, 0) is 29.1 Å². The van der Waals surface area contributed by atoms with Crippen LogP contribution in [0.15, 0.2) is 114 Å². The predicted octanol–water partition coefficient (Wildman–Crippen LogP) is 5.24. The number of nitrogens with one attached hydrogen (secondary N) is 5. The van der Waals surface area contributed by atoms with Crippen LogP contribution in [0.5, 0.6) is 0 Å². The Morgan fingerprint density at radius 1 is 0.796 bits per heavy atom. The van der Waals surface area contributed by atoms with Gasteiger partial charge in [0.15, 0.2) is 5.96 Å². The molecule has 0 fully saturated rings. The summed E-state index contributed by atoms with van der Waals surface area (Å²) in [6.07, 6.45) is 3.87. The van der Waals surface area contributed by atoms with E-state index in [-0.39, 0.29) is 31.2 Å². The average molecular weight is 734 g/mol. The lowest BCUT2D eigenvalue weighted by molar-refractivity contribution is -0.127. The molecule has 4 amide bonds. The van der Waals surface area contributed by atoms with Crippen LogP contribution >= 0.6 is 0 Å². The summed E-state index contributed by atoms with van der Waals surface area (Å²) in [5, 5.41) is 15.8. The summed E-state index contributed by atoms with van der Waals surface area (Å²) in [5.74, 6) is -1.31. The summed E-state index contributed by atoms with van der Waals surface area (Å²) < 4.78 is 15.7. The van der Waals surface area contributed by atoms with Gasteiger partial charge in [-0.15, -0.1) is 0 Å². The van der Waals surface area contributed by atoms with Gasteiger partial charge in [-0.3, -0.25) is 14.6 Å². The van der Waals surface area contributed by atoms with Crippen LogP contribution in [0.1, 0.15) is 42.9 Å². The van der Waals surface area contributed by atoms with E-state index in [1.165, 1.54) is 12.1 Å². The zero-order valence-corrected chi connectivity index (χ0v) is 30.4. The number of rotatable bonds is 18. The first kappa shape index (κ1) is 39.0. The number of guanidine groups is 1. The van der Waals surface area contributed by atoms with E-state index in [2.05, 4.69) is 49.3 Å². The number of benzene rings is 4. The van der Waals surface area contributed by atoms with Crippen molar-refractivity contribution in [1.29, 1.82) is 0 Å². The van der Waals surface area contributed by atoms with Gasteiger partial charge >= 0.3 is 6.03 Å². The first-order valence-electron chi connectivity index (χ1n) is 18.1. The van der Waals surface area contributed by atoms with Crippen molar-refractivity contribution in [1.82, 2.24) is 20.5 Å². The monoisotopic (exact) mass is 733 g/mol. The lowest BCUT2D eigenvalue weighted by Crippen LogP contribution is -2.54. The lowest BCUT2D eigenvalue weighted by Gasteiger charge is -2.23. The molecule has 0 bridgehead atoms. The molecule has 5 aromatic rings. The second kappa shape index (κ2) is 19.6. The summed E-state index contributed by atoms with van der Waals surface area (Å²) >= 11 is 0. The second-order valence-corrected chi connectivity index (χ2v) is 13.0. The van der Waals surface area contributed by atoms with Crippen molar-refractivity contribution in [2.24, 2.45) is 16.5 Å². The molecule has 0 unspecified atom stereocenters. The quantitative estimate of drug-likeness (QED) is 0.0368. The highest BCUT2D eigenvalue weighted by atomic mass is 19.1. The molecule has 5 rings (SSSR count). The van der Waals surface area contributed by atoms with Crippen LogP contribution in [0, 0.1) is 5.82 Å². The van der Waals surface area contributed by atoms with E-state index in [4.69, 9.17) is 11.5 Å². The molecule has 0 spiro atoms. The Morgan fingerprint density at radius 3 is 2.22 bits per heavy atom. The number of anilines is 2. The van der Waals surface area contributed by atoms with Crippen molar-refractivity contribution in [3.05, 3.63) is 132 Å². The van der Waals surface area contributed by atoms with Gasteiger partial charge in [0.05, 0.1) is 0 Å². The average Bonchev–Trinajstić information content (AvgIpc) is 3.50. The second-order valence-electron chi connectivity index (χ2n) is 13.0. The maximum absolute atomic E-state index is 14.1. The number of hydrogen-bond acceptors (Lipinski definition) is 5. The fourth-order valence-electron chi connectivity index (χ4n) is 6.09. The number of amides is 4. The third-order valence-electron chi connectivity index (χ3n) is 8.75. The van der Waals surface area contributed by atoms with E-state index in [0.29, 0.717) is 30.9 Å². The number of carbonyl (C=O) groups excluding carboxylic acids is 3. The van der Waals surface area contributed by atoms with Crippen molar-refractivity contribution < 1.29 is 18.8 Å². The summed E-state index contributed by atoms with van der Waals surface area (Å²) in [7, 11) is 0. The standard InChI is InChI=1S/C41H48FN9O3/c1-2-21-45-25-30-27-51(26-29-15-17-31(42)18-16-29)37-20-19-33(24-34(30)37)47-39(53)36(23-28-10-5-3-6-11-28)49-38(52)35(14-9-22-46-40(43)44)50-41(54)48-32-12-7-4-8-13-32/h3-8,10-13,15-20,24,27,35-36,45H,2,9,14,21-23,25-26H2,1H3,(H,47,53)(H,49,52)(H4,43,44,46)(H2,48,50,54)/t35-,36-/m1/s1. The van der Waals surface area contributed by atoms with E-state index in [1.807, 2.05) is 54.6 Å². The van der Waals surface area contributed by atoms with Crippen molar-refractivity contribution >= 4 is 46.1 Å². The van der Waals surface area contributed by atoms with Gasteiger partial charge in [-0.1, -0.05) is 67.6 Å². The number of para-hydroxylation sites is 1. The van der Waals surface area contributed by atoms with Crippen LogP contribution in [0.3, 0.4) is 0 Å². The smallest absolute Gasteiger partial charge is 0.319 e. The van der Waals surface area contributed by atoms with Gasteiger partial charge in [-0.25, -0.2) is 9.18 Å². The molecular formula is C41H48FN9O3. The molecule has 1 aromatic heterocycles. The Kier molecular flexibility index (Phi) is 14.1. The number of carbonyl (C=O) groups is 3. The zero-order valence-electron chi connectivity index (χ0n) is 30.4. The van der Waals surface area contributed by atoms with Crippen LogP contribution in [-0.4, -0.2) is 53.5 Å². The summed E-state index contributed by atoms with van der Waals surface area (Å²) in [6, 6.07) is 27.8. The van der Waals surface area contributed by atoms with Crippen LogP contribution in [0.25, 0.3) is 10.9 Å². The van der Waals surface area contributed by atoms with Crippen molar-refractivity contribution in [2.75, 3.05) is 23.7 Å². The van der Waals surface area contributed by atoms with E-state index in [1.54, 1.807) is 36.4 Å². The summed E-state index contributed by atoms with van der Waals surface area (Å²) in [5.41, 5.74) is 15.9. The molecule has 0 saturated carbocycles. The molecule has 0 saturated heterocycles. The first-order chi connectivity index (χ1) is 26.2. The van der Waals surface area contributed by atoms with Gasteiger partial charge in [0.1, 0.15) is 17.9 Å². The number of nitrogens with zero attached hydrogens (tertiary/aromatic N) is 2. The zero-order chi connectivity index (χ0) is 38.3. The van der Waals surface area contributed by atoms with E-state index in [9.17, 15) is 18.8 Å². The van der Waals surface area contributed by atoms with Gasteiger partial charge < -0.3 is 42.6 Å². The molecular weight excluding hydrogens is 686 g/mol. The topological polar surface area (TPSA) is 181 Å². The minimum Gasteiger partial charge on any atom is -0.370 e.